The molecule has 0 unspecified atom stereocenters. The minimum absolute atomic E-state index is 0.221. The smallest absolute Gasteiger partial charge is 0.323 e. The maximum absolute atomic E-state index is 12.1. The lowest BCUT2D eigenvalue weighted by Crippen LogP contribution is -2.35. The van der Waals surface area contributed by atoms with E-state index in [-0.39, 0.29) is 12.2 Å². The molecule has 0 fully saturated rings. The molecule has 2 aromatic rings. The van der Waals surface area contributed by atoms with Gasteiger partial charge in [-0.3, -0.25) is 19.6 Å². The minimum atomic E-state index is -1.05. The van der Waals surface area contributed by atoms with Gasteiger partial charge in [0.05, 0.1) is 6.20 Å². The number of likely N-dealkylation sites (N-methyl/N-ethyl adjacent to an activating group) is 1. The first-order valence-corrected chi connectivity index (χ1v) is 6.72. The van der Waals surface area contributed by atoms with E-state index in [0.717, 1.165) is 0 Å². The fraction of sp³-hybridized carbons (Fsp3) is 0.250. The number of carbonyl (C=O) groups is 2. The summed E-state index contributed by atoms with van der Waals surface area (Å²) in [5, 5.41) is 10.9. The van der Waals surface area contributed by atoms with Crippen molar-refractivity contribution in [2.75, 3.05) is 13.1 Å². The molecule has 0 aliphatic rings. The number of carbonyl (C=O) groups excluding carboxylic acids is 1. The van der Waals surface area contributed by atoms with Gasteiger partial charge in [-0.05, 0) is 6.92 Å². The first-order chi connectivity index (χ1) is 9.61. The van der Waals surface area contributed by atoms with Gasteiger partial charge < -0.3 is 10.0 Å². The summed E-state index contributed by atoms with van der Waals surface area (Å²) in [6.07, 6.45) is 4.65. The number of thiazole rings is 1. The van der Waals surface area contributed by atoms with Crippen LogP contribution in [-0.4, -0.2) is 49.9 Å². The van der Waals surface area contributed by atoms with Gasteiger partial charge in [0.25, 0.3) is 5.91 Å². The summed E-state index contributed by atoms with van der Waals surface area (Å²) >= 11 is 1.27. The molecule has 0 bridgehead atoms. The monoisotopic (exact) mass is 292 g/mol. The van der Waals surface area contributed by atoms with Gasteiger partial charge in [0, 0.05) is 24.3 Å². The lowest BCUT2D eigenvalue weighted by molar-refractivity contribution is -0.137. The summed E-state index contributed by atoms with van der Waals surface area (Å²) < 4.78 is 0. The zero-order chi connectivity index (χ0) is 14.5. The molecule has 7 nitrogen and oxygen atoms in total. The Bertz CT molecular complexity index is 614. The lowest BCUT2D eigenvalue weighted by atomic mass is 10.3. The fourth-order valence-corrected chi connectivity index (χ4v) is 2.31. The van der Waals surface area contributed by atoms with Crippen molar-refractivity contribution >= 4 is 23.2 Å². The van der Waals surface area contributed by atoms with Crippen LogP contribution in [0.15, 0.2) is 24.0 Å². The average Bonchev–Trinajstić information content (AvgIpc) is 2.94. The summed E-state index contributed by atoms with van der Waals surface area (Å²) in [6, 6.07) is 0. The van der Waals surface area contributed by atoms with Crippen molar-refractivity contribution < 1.29 is 14.7 Å². The molecule has 1 amide bonds. The molecule has 8 heteroatoms. The lowest BCUT2D eigenvalue weighted by Gasteiger charge is -2.16. The van der Waals surface area contributed by atoms with E-state index in [0.29, 0.717) is 17.2 Å². The van der Waals surface area contributed by atoms with Crippen LogP contribution in [0.2, 0.25) is 0 Å². The van der Waals surface area contributed by atoms with Crippen LogP contribution < -0.4 is 0 Å². The van der Waals surface area contributed by atoms with Crippen LogP contribution in [0.25, 0.3) is 10.7 Å². The van der Waals surface area contributed by atoms with Crippen molar-refractivity contribution in [3.8, 4) is 10.7 Å². The zero-order valence-electron chi connectivity index (χ0n) is 10.7. The largest absolute Gasteiger partial charge is 0.480 e. The molecular formula is C12H12N4O3S. The maximum atomic E-state index is 12.1. The maximum Gasteiger partial charge on any atom is 0.323 e. The van der Waals surface area contributed by atoms with Crippen molar-refractivity contribution in [3.63, 3.8) is 0 Å². The van der Waals surface area contributed by atoms with Crippen LogP contribution in [0.5, 0.6) is 0 Å². The molecule has 1 N–H and O–H groups in total. The van der Waals surface area contributed by atoms with Crippen LogP contribution in [0.3, 0.4) is 0 Å². The number of carboxylic acids is 1. The molecule has 0 saturated heterocycles. The van der Waals surface area contributed by atoms with E-state index in [4.69, 9.17) is 5.11 Å². The fourth-order valence-electron chi connectivity index (χ4n) is 1.55. The summed E-state index contributed by atoms with van der Waals surface area (Å²) in [6.45, 7) is 1.69. The molecule has 0 radical (unpaired) electrons. The van der Waals surface area contributed by atoms with Crippen molar-refractivity contribution in [1.29, 1.82) is 0 Å². The van der Waals surface area contributed by atoms with Gasteiger partial charge in [0.2, 0.25) is 0 Å². The van der Waals surface area contributed by atoms with Crippen LogP contribution in [0.4, 0.5) is 0 Å². The Morgan fingerprint density at radius 1 is 1.40 bits per heavy atom. The number of nitrogens with zero attached hydrogens (tertiary/aromatic N) is 4. The normalized spacial score (nSPS) is 10.2. The summed E-state index contributed by atoms with van der Waals surface area (Å²) in [4.78, 5) is 36.3. The van der Waals surface area contributed by atoms with Crippen LogP contribution in [0.1, 0.15) is 17.4 Å². The van der Waals surface area contributed by atoms with Gasteiger partial charge in [0.1, 0.15) is 22.9 Å². The molecule has 104 valence electrons. The molecule has 20 heavy (non-hydrogen) atoms. The highest BCUT2D eigenvalue weighted by molar-refractivity contribution is 7.13. The summed E-state index contributed by atoms with van der Waals surface area (Å²) in [5.74, 6) is -1.45. The van der Waals surface area contributed by atoms with E-state index in [2.05, 4.69) is 15.0 Å². The Morgan fingerprint density at radius 2 is 2.20 bits per heavy atom. The highest BCUT2D eigenvalue weighted by atomic mass is 32.1. The Hall–Kier alpha value is -2.35. The molecule has 2 heterocycles. The molecule has 0 spiro atoms. The average molecular weight is 292 g/mol. The van der Waals surface area contributed by atoms with E-state index >= 15 is 0 Å². The number of aromatic nitrogens is 3. The van der Waals surface area contributed by atoms with Gasteiger partial charge >= 0.3 is 5.97 Å². The number of carboxylic acid groups (broad SMARTS) is 1. The standard InChI is InChI=1S/C12H12N4O3S/c1-2-16(6-10(17)18)12(19)9-7-20-11(15-9)8-5-13-3-4-14-8/h3-5,7H,2,6H2,1H3,(H,17,18). The Kier molecular flexibility index (Phi) is 4.36. The van der Waals surface area contributed by atoms with Crippen LogP contribution >= 0.6 is 11.3 Å². The van der Waals surface area contributed by atoms with Crippen LogP contribution in [0, 0.1) is 0 Å². The minimum Gasteiger partial charge on any atom is -0.480 e. The van der Waals surface area contributed by atoms with E-state index in [1.54, 1.807) is 30.9 Å². The van der Waals surface area contributed by atoms with E-state index in [1.165, 1.54) is 16.2 Å². The van der Waals surface area contributed by atoms with Gasteiger partial charge in [-0.15, -0.1) is 11.3 Å². The predicted octanol–water partition coefficient (Wildman–Crippen LogP) is 1.15. The third-order valence-corrected chi connectivity index (χ3v) is 3.37. The molecule has 0 aromatic carbocycles. The Labute approximate surface area is 118 Å². The summed E-state index contributed by atoms with van der Waals surface area (Å²) in [5.41, 5.74) is 0.802. The van der Waals surface area contributed by atoms with E-state index in [9.17, 15) is 9.59 Å². The molecule has 0 aliphatic carbocycles. The van der Waals surface area contributed by atoms with Crippen molar-refractivity contribution in [1.82, 2.24) is 19.9 Å². The SMILES string of the molecule is CCN(CC(=O)O)C(=O)c1csc(-c2cnccn2)n1. The number of amides is 1. The van der Waals surface area contributed by atoms with Gasteiger partial charge in [-0.2, -0.15) is 0 Å². The second-order valence-electron chi connectivity index (χ2n) is 3.84. The Morgan fingerprint density at radius 3 is 2.80 bits per heavy atom. The van der Waals surface area contributed by atoms with Crippen molar-refractivity contribution in [2.45, 2.75) is 6.92 Å². The topological polar surface area (TPSA) is 96.3 Å². The first-order valence-electron chi connectivity index (χ1n) is 5.84. The van der Waals surface area contributed by atoms with Gasteiger partial charge in [0.15, 0.2) is 0 Å². The highest BCUT2D eigenvalue weighted by Crippen LogP contribution is 2.21. The first kappa shape index (κ1) is 14.1. The molecule has 0 aliphatic heterocycles. The molecule has 2 rings (SSSR count). The van der Waals surface area contributed by atoms with Crippen molar-refractivity contribution in [2.24, 2.45) is 0 Å². The van der Waals surface area contributed by atoms with E-state index in [1.807, 2.05) is 0 Å². The predicted molar refractivity (Wildman–Crippen MR) is 72.4 cm³/mol. The summed E-state index contributed by atoms with van der Waals surface area (Å²) in [7, 11) is 0. The highest BCUT2D eigenvalue weighted by Gasteiger charge is 2.20. The van der Waals surface area contributed by atoms with Crippen molar-refractivity contribution in [3.05, 3.63) is 29.7 Å². The molecular weight excluding hydrogens is 280 g/mol. The molecule has 0 atom stereocenters. The third kappa shape index (κ3) is 3.15. The van der Waals surface area contributed by atoms with Crippen LogP contribution in [-0.2, 0) is 4.79 Å². The second-order valence-corrected chi connectivity index (χ2v) is 4.70. The second kappa shape index (κ2) is 6.20. The van der Waals surface area contributed by atoms with Gasteiger partial charge in [-0.25, -0.2) is 4.98 Å². The van der Waals surface area contributed by atoms with E-state index < -0.39 is 11.9 Å². The number of aliphatic carboxylic acids is 1. The number of hydrogen-bond donors (Lipinski definition) is 1. The zero-order valence-corrected chi connectivity index (χ0v) is 11.5. The Balaban J connectivity index is 2.20. The molecule has 0 saturated carbocycles. The number of rotatable bonds is 5. The quantitative estimate of drug-likeness (QED) is 0.888. The number of hydrogen-bond acceptors (Lipinski definition) is 6. The van der Waals surface area contributed by atoms with Gasteiger partial charge in [-0.1, -0.05) is 0 Å². The third-order valence-electron chi connectivity index (χ3n) is 2.50. The molecule has 2 aromatic heterocycles.